The van der Waals surface area contributed by atoms with Gasteiger partial charge in [0, 0.05) is 19.1 Å². The van der Waals surface area contributed by atoms with Crippen molar-refractivity contribution in [2.45, 2.75) is 32.7 Å². The highest BCUT2D eigenvalue weighted by molar-refractivity contribution is 5.37. The zero-order valence-electron chi connectivity index (χ0n) is 11.0. The third-order valence-electron chi connectivity index (χ3n) is 3.73. The second-order valence-corrected chi connectivity index (χ2v) is 4.96. The molecule has 0 saturated carbocycles. The fourth-order valence-corrected chi connectivity index (χ4v) is 2.42. The van der Waals surface area contributed by atoms with Crippen molar-refractivity contribution in [3.8, 4) is 0 Å². The highest BCUT2D eigenvalue weighted by Gasteiger charge is 2.24. The number of anilines is 1. The summed E-state index contributed by atoms with van der Waals surface area (Å²) in [4.78, 5) is 2.36. The Kier molecular flexibility index (Phi) is 3.94. The molecule has 94 valence electrons. The summed E-state index contributed by atoms with van der Waals surface area (Å²) >= 11 is 0. The summed E-state index contributed by atoms with van der Waals surface area (Å²) in [6.45, 7) is 6.41. The van der Waals surface area contributed by atoms with Crippen molar-refractivity contribution < 1.29 is 0 Å². The van der Waals surface area contributed by atoms with Crippen molar-refractivity contribution in [1.29, 1.82) is 0 Å². The third-order valence-corrected chi connectivity index (χ3v) is 3.73. The molecule has 0 bridgehead atoms. The number of hydrogen-bond donors (Lipinski definition) is 1. The Hall–Kier alpha value is -1.16. The fraction of sp³-hybridized carbons (Fsp3) is 0.692. The molecule has 0 aromatic carbocycles. The number of aryl methyl sites for hydroxylation is 1. The van der Waals surface area contributed by atoms with E-state index in [1.54, 1.807) is 0 Å². The summed E-state index contributed by atoms with van der Waals surface area (Å²) in [6, 6.07) is 4.68. The van der Waals surface area contributed by atoms with Crippen LogP contribution in [-0.2, 0) is 0 Å². The van der Waals surface area contributed by atoms with Crippen molar-refractivity contribution in [2.75, 3.05) is 25.0 Å². The van der Waals surface area contributed by atoms with E-state index < -0.39 is 0 Å². The Balaban J connectivity index is 2.04. The maximum absolute atomic E-state index is 4.28. The monoisotopic (exact) mass is 234 g/mol. The molecule has 1 fully saturated rings. The van der Waals surface area contributed by atoms with Gasteiger partial charge in [-0.2, -0.15) is 5.10 Å². The van der Waals surface area contributed by atoms with Gasteiger partial charge in [0.05, 0.1) is 5.69 Å². The Morgan fingerprint density at radius 2 is 2.24 bits per heavy atom. The van der Waals surface area contributed by atoms with Gasteiger partial charge in [-0.1, -0.05) is 0 Å². The predicted molar refractivity (Wildman–Crippen MR) is 70.2 cm³/mol. The third kappa shape index (κ3) is 2.94. The van der Waals surface area contributed by atoms with Crippen LogP contribution in [0.25, 0.3) is 0 Å². The summed E-state index contributed by atoms with van der Waals surface area (Å²) in [5.74, 6) is 1.72. The smallest absolute Gasteiger partial charge is 0.151 e. The summed E-state index contributed by atoms with van der Waals surface area (Å²) in [7, 11) is 2.04. The number of aromatic nitrogens is 2. The minimum Gasteiger partial charge on any atom is -0.355 e. The average Bonchev–Trinajstić information content (AvgIpc) is 2.39. The molecule has 0 aliphatic carbocycles. The molecular formula is C13H22N4. The van der Waals surface area contributed by atoms with E-state index in [9.17, 15) is 0 Å². The standard InChI is InChI=1S/C13H22N4/c1-10-6-7-13(16-15-10)17-8-4-5-12(9-17)11(2)14-3/h6-7,11-12,14H,4-5,8-9H2,1-3H3. The van der Waals surface area contributed by atoms with Crippen molar-refractivity contribution in [1.82, 2.24) is 15.5 Å². The average molecular weight is 234 g/mol. The van der Waals surface area contributed by atoms with Crippen LogP contribution in [0.3, 0.4) is 0 Å². The lowest BCUT2D eigenvalue weighted by Crippen LogP contribution is -2.43. The molecule has 0 spiro atoms. The van der Waals surface area contributed by atoms with E-state index in [0.717, 1.165) is 24.6 Å². The Morgan fingerprint density at radius 1 is 1.41 bits per heavy atom. The molecular weight excluding hydrogens is 212 g/mol. The molecule has 1 aliphatic rings. The quantitative estimate of drug-likeness (QED) is 0.862. The first kappa shape index (κ1) is 12.3. The number of piperidine rings is 1. The minimum absolute atomic E-state index is 0.566. The molecule has 1 saturated heterocycles. The molecule has 1 aromatic rings. The van der Waals surface area contributed by atoms with E-state index in [2.05, 4.69) is 33.4 Å². The topological polar surface area (TPSA) is 41.0 Å². The van der Waals surface area contributed by atoms with E-state index in [-0.39, 0.29) is 0 Å². The molecule has 2 heterocycles. The van der Waals surface area contributed by atoms with Gasteiger partial charge in [-0.15, -0.1) is 5.10 Å². The molecule has 0 radical (unpaired) electrons. The second kappa shape index (κ2) is 5.45. The summed E-state index contributed by atoms with van der Waals surface area (Å²) in [6.07, 6.45) is 2.55. The van der Waals surface area contributed by atoms with Gasteiger partial charge in [0.2, 0.25) is 0 Å². The summed E-state index contributed by atoms with van der Waals surface area (Å²) < 4.78 is 0. The van der Waals surface area contributed by atoms with Crippen molar-refractivity contribution >= 4 is 5.82 Å². The van der Waals surface area contributed by atoms with Crippen LogP contribution in [0, 0.1) is 12.8 Å². The van der Waals surface area contributed by atoms with Gasteiger partial charge in [-0.25, -0.2) is 0 Å². The van der Waals surface area contributed by atoms with Crippen LogP contribution in [0.15, 0.2) is 12.1 Å². The van der Waals surface area contributed by atoms with E-state index in [0.29, 0.717) is 12.0 Å². The predicted octanol–water partition coefficient (Wildman–Crippen LogP) is 1.61. The fourth-order valence-electron chi connectivity index (χ4n) is 2.42. The maximum Gasteiger partial charge on any atom is 0.151 e. The lowest BCUT2D eigenvalue weighted by atomic mass is 9.92. The zero-order valence-corrected chi connectivity index (χ0v) is 11.0. The molecule has 2 unspecified atom stereocenters. The van der Waals surface area contributed by atoms with Crippen LogP contribution >= 0.6 is 0 Å². The van der Waals surface area contributed by atoms with Crippen LogP contribution < -0.4 is 10.2 Å². The Morgan fingerprint density at radius 3 is 2.88 bits per heavy atom. The number of hydrogen-bond acceptors (Lipinski definition) is 4. The van der Waals surface area contributed by atoms with Gasteiger partial charge in [0.25, 0.3) is 0 Å². The van der Waals surface area contributed by atoms with Gasteiger partial charge >= 0.3 is 0 Å². The normalized spacial score (nSPS) is 22.5. The van der Waals surface area contributed by atoms with Crippen LogP contribution in [0.5, 0.6) is 0 Å². The van der Waals surface area contributed by atoms with Gasteiger partial charge < -0.3 is 10.2 Å². The lowest BCUT2D eigenvalue weighted by Gasteiger charge is -2.36. The molecule has 0 amide bonds. The minimum atomic E-state index is 0.566. The van der Waals surface area contributed by atoms with Crippen molar-refractivity contribution in [3.63, 3.8) is 0 Å². The van der Waals surface area contributed by atoms with Gasteiger partial charge in [-0.3, -0.25) is 0 Å². The SMILES string of the molecule is CNC(C)C1CCCN(c2ccc(C)nn2)C1. The van der Waals surface area contributed by atoms with E-state index in [4.69, 9.17) is 0 Å². The van der Waals surface area contributed by atoms with Gasteiger partial charge in [-0.05, 0) is 51.8 Å². The molecule has 2 rings (SSSR count). The van der Waals surface area contributed by atoms with Gasteiger partial charge in [0.1, 0.15) is 0 Å². The maximum atomic E-state index is 4.28. The van der Waals surface area contributed by atoms with E-state index in [1.165, 1.54) is 12.8 Å². The van der Waals surface area contributed by atoms with E-state index in [1.807, 2.05) is 20.0 Å². The summed E-state index contributed by atoms with van der Waals surface area (Å²) in [5, 5.41) is 11.8. The Bertz CT molecular complexity index is 349. The number of rotatable bonds is 3. The molecule has 1 N–H and O–H groups in total. The number of nitrogens with one attached hydrogen (secondary N) is 1. The summed E-state index contributed by atoms with van der Waals surface area (Å²) in [5.41, 5.74) is 0.978. The van der Waals surface area contributed by atoms with Crippen LogP contribution in [0.1, 0.15) is 25.5 Å². The van der Waals surface area contributed by atoms with Crippen LogP contribution in [-0.4, -0.2) is 36.4 Å². The highest BCUT2D eigenvalue weighted by atomic mass is 15.3. The van der Waals surface area contributed by atoms with Crippen LogP contribution in [0.4, 0.5) is 5.82 Å². The Labute approximate surface area is 103 Å². The van der Waals surface area contributed by atoms with Crippen LogP contribution in [0.2, 0.25) is 0 Å². The molecule has 17 heavy (non-hydrogen) atoms. The molecule has 1 aromatic heterocycles. The first-order valence-electron chi connectivity index (χ1n) is 6.43. The first-order valence-corrected chi connectivity index (χ1v) is 6.43. The molecule has 1 aliphatic heterocycles. The van der Waals surface area contributed by atoms with Crippen molar-refractivity contribution in [2.24, 2.45) is 5.92 Å². The van der Waals surface area contributed by atoms with Gasteiger partial charge in [0.15, 0.2) is 5.82 Å². The second-order valence-electron chi connectivity index (χ2n) is 4.96. The first-order chi connectivity index (χ1) is 8.20. The molecule has 4 heteroatoms. The van der Waals surface area contributed by atoms with Crippen molar-refractivity contribution in [3.05, 3.63) is 17.8 Å². The molecule has 2 atom stereocenters. The van der Waals surface area contributed by atoms with E-state index >= 15 is 0 Å². The largest absolute Gasteiger partial charge is 0.355 e. The zero-order chi connectivity index (χ0) is 12.3. The lowest BCUT2D eigenvalue weighted by molar-refractivity contribution is 0.332. The highest BCUT2D eigenvalue weighted by Crippen LogP contribution is 2.23. The molecule has 4 nitrogen and oxygen atoms in total. The number of nitrogens with zero attached hydrogens (tertiary/aromatic N) is 3.